The van der Waals surface area contributed by atoms with Crippen LogP contribution in [0.5, 0.6) is 0 Å². The predicted molar refractivity (Wildman–Crippen MR) is 46.0 cm³/mol. The van der Waals surface area contributed by atoms with Crippen LogP contribution in [0, 0.1) is 0 Å². The normalized spacial score (nSPS) is 30.0. The topological polar surface area (TPSA) is 58.2 Å². The van der Waals surface area contributed by atoms with Crippen LogP contribution in [0.15, 0.2) is 0 Å². The minimum absolute atomic E-state index is 0.870. The van der Waals surface area contributed by atoms with Gasteiger partial charge in [0, 0.05) is 0 Å². The second-order valence-corrected chi connectivity index (χ2v) is 4.35. The Morgan fingerprint density at radius 3 is 0.917 bits per heavy atom. The first kappa shape index (κ1) is 20.1. The van der Waals surface area contributed by atoms with Crippen LogP contribution in [0.1, 0.15) is 0 Å². The molecule has 1 fully saturated rings. The van der Waals surface area contributed by atoms with Gasteiger partial charge in [0.05, 0.1) is 0 Å². The standard InChI is InChI=1S/C8H2F12N2O2/c9-3(10)1(23)21-7(17,18)6(15,16)4(11,12)2(24)22-8(19,20)5(3,13)14/h(H,21,23)(H,22,24). The van der Waals surface area contributed by atoms with Gasteiger partial charge in [-0.05, 0) is 0 Å². The van der Waals surface area contributed by atoms with Crippen LogP contribution in [0.2, 0.25) is 0 Å². The molecule has 0 radical (unpaired) electrons. The van der Waals surface area contributed by atoms with Crippen molar-refractivity contribution in [2.45, 2.75) is 35.8 Å². The SMILES string of the molecule is O=C1NC(F)(F)C(F)(F)C(F)(F)C(=O)NC(F)(F)C(F)(F)C1(F)F. The molecule has 0 unspecified atom stereocenters. The molecule has 0 aromatic carbocycles. The van der Waals surface area contributed by atoms with Crippen LogP contribution in [0.4, 0.5) is 52.7 Å². The zero-order valence-corrected chi connectivity index (χ0v) is 10.4. The van der Waals surface area contributed by atoms with E-state index in [0.29, 0.717) is 0 Å². The minimum atomic E-state index is -7.03. The van der Waals surface area contributed by atoms with E-state index in [1.165, 1.54) is 0 Å². The monoisotopic (exact) mass is 386 g/mol. The van der Waals surface area contributed by atoms with E-state index in [4.69, 9.17) is 0 Å². The van der Waals surface area contributed by atoms with Gasteiger partial charge in [0.15, 0.2) is 0 Å². The van der Waals surface area contributed by atoms with Crippen molar-refractivity contribution in [3.05, 3.63) is 0 Å². The first-order valence-corrected chi connectivity index (χ1v) is 5.18. The Morgan fingerprint density at radius 2 is 0.708 bits per heavy atom. The van der Waals surface area contributed by atoms with Gasteiger partial charge in [-0.3, -0.25) is 20.2 Å². The summed E-state index contributed by atoms with van der Waals surface area (Å²) >= 11 is 0. The number of nitrogens with one attached hydrogen (secondary N) is 2. The molecule has 0 aromatic rings. The second kappa shape index (κ2) is 4.81. The lowest BCUT2D eigenvalue weighted by atomic mass is 10.0. The molecule has 1 aliphatic heterocycles. The highest BCUT2D eigenvalue weighted by atomic mass is 19.4. The number of rotatable bonds is 0. The maximum Gasteiger partial charge on any atom is 0.401 e. The van der Waals surface area contributed by atoms with Gasteiger partial charge in [-0.1, -0.05) is 0 Å². The van der Waals surface area contributed by atoms with E-state index >= 15 is 0 Å². The maximum absolute atomic E-state index is 13.0. The Labute approximate surface area is 122 Å². The number of carbonyl (C=O) groups is 2. The third-order valence-electron chi connectivity index (χ3n) is 2.69. The van der Waals surface area contributed by atoms with Crippen molar-refractivity contribution in [1.82, 2.24) is 10.6 Å². The Morgan fingerprint density at radius 1 is 0.500 bits per heavy atom. The number of alkyl halides is 12. The van der Waals surface area contributed by atoms with E-state index in [1.54, 1.807) is 0 Å². The maximum atomic E-state index is 13.0. The summed E-state index contributed by atoms with van der Waals surface area (Å²) in [4.78, 5) is 21.2. The summed E-state index contributed by atoms with van der Waals surface area (Å²) in [5, 5.41) is -1.74. The largest absolute Gasteiger partial charge is 0.401 e. The van der Waals surface area contributed by atoms with Gasteiger partial charge in [0.2, 0.25) is 0 Å². The van der Waals surface area contributed by atoms with E-state index in [0.717, 1.165) is 0 Å². The highest BCUT2D eigenvalue weighted by Crippen LogP contribution is 2.49. The molecule has 1 aliphatic rings. The zero-order valence-electron chi connectivity index (χ0n) is 10.4. The summed E-state index contributed by atoms with van der Waals surface area (Å²) in [5.74, 6) is -35.9. The Bertz CT molecular complexity index is 521. The van der Waals surface area contributed by atoms with Crippen molar-refractivity contribution in [3.8, 4) is 0 Å². The van der Waals surface area contributed by atoms with Gasteiger partial charge < -0.3 is 0 Å². The lowest BCUT2D eigenvalue weighted by molar-refractivity contribution is -0.333. The van der Waals surface area contributed by atoms with E-state index in [1.807, 2.05) is 0 Å². The van der Waals surface area contributed by atoms with Crippen molar-refractivity contribution in [3.63, 3.8) is 0 Å². The van der Waals surface area contributed by atoms with Gasteiger partial charge in [-0.25, -0.2) is 0 Å². The van der Waals surface area contributed by atoms with E-state index in [-0.39, 0.29) is 0 Å². The van der Waals surface area contributed by atoms with Gasteiger partial charge in [0.1, 0.15) is 0 Å². The fourth-order valence-corrected chi connectivity index (χ4v) is 1.28. The van der Waals surface area contributed by atoms with Crippen LogP contribution in [0.25, 0.3) is 0 Å². The number of hydrogen-bond acceptors (Lipinski definition) is 2. The zero-order chi connectivity index (χ0) is 19.6. The fraction of sp³-hybridized carbons (Fsp3) is 0.750. The van der Waals surface area contributed by atoms with Gasteiger partial charge in [0.25, 0.3) is 0 Å². The predicted octanol–water partition coefficient (Wildman–Crippen LogP) is 1.96. The molecule has 0 bridgehead atoms. The van der Waals surface area contributed by atoms with E-state index in [9.17, 15) is 62.3 Å². The molecule has 0 aliphatic carbocycles. The highest BCUT2D eigenvalue weighted by molar-refractivity contribution is 5.88. The number of halogens is 12. The first-order valence-electron chi connectivity index (χ1n) is 5.18. The number of hydrogen-bond donors (Lipinski definition) is 2. The summed E-state index contributed by atoms with van der Waals surface area (Å²) in [6.45, 7) is 0. The molecule has 1 rings (SSSR count). The van der Waals surface area contributed by atoms with Crippen molar-refractivity contribution in [1.29, 1.82) is 0 Å². The molecule has 0 aromatic heterocycles. The Hall–Kier alpha value is -1.90. The molecule has 0 spiro atoms. The molecular formula is C8H2F12N2O2. The van der Waals surface area contributed by atoms with Crippen molar-refractivity contribution in [2.75, 3.05) is 0 Å². The molecular weight excluding hydrogens is 384 g/mol. The van der Waals surface area contributed by atoms with Crippen molar-refractivity contribution >= 4 is 11.8 Å². The minimum Gasteiger partial charge on any atom is -0.287 e. The van der Waals surface area contributed by atoms with Gasteiger partial charge in [-0.15, -0.1) is 0 Å². The molecule has 4 nitrogen and oxygen atoms in total. The molecule has 24 heavy (non-hydrogen) atoms. The third kappa shape index (κ3) is 2.33. The Balaban J connectivity index is 3.68. The number of amides is 2. The average Bonchev–Trinajstić information content (AvgIpc) is 2.35. The second-order valence-electron chi connectivity index (χ2n) is 4.35. The fourth-order valence-electron chi connectivity index (χ4n) is 1.28. The van der Waals surface area contributed by atoms with E-state index in [2.05, 4.69) is 0 Å². The van der Waals surface area contributed by atoms with Crippen LogP contribution < -0.4 is 10.6 Å². The molecule has 2 N–H and O–H groups in total. The van der Waals surface area contributed by atoms with Crippen molar-refractivity contribution in [2.24, 2.45) is 0 Å². The van der Waals surface area contributed by atoms with Crippen LogP contribution in [-0.4, -0.2) is 47.6 Å². The van der Waals surface area contributed by atoms with E-state index < -0.39 is 58.2 Å². The third-order valence-corrected chi connectivity index (χ3v) is 2.69. The van der Waals surface area contributed by atoms with Gasteiger partial charge in [-0.2, -0.15) is 52.7 Å². The first-order chi connectivity index (χ1) is 10.3. The van der Waals surface area contributed by atoms with Crippen LogP contribution in [0.3, 0.4) is 0 Å². The van der Waals surface area contributed by atoms with Crippen LogP contribution in [-0.2, 0) is 9.59 Å². The van der Waals surface area contributed by atoms with Crippen LogP contribution >= 0.6 is 0 Å². The Kier molecular flexibility index (Phi) is 4.04. The highest BCUT2D eigenvalue weighted by Gasteiger charge is 2.82. The summed E-state index contributed by atoms with van der Waals surface area (Å²) < 4.78 is 156. The lowest BCUT2D eigenvalue weighted by Crippen LogP contribution is -2.75. The summed E-state index contributed by atoms with van der Waals surface area (Å²) in [6, 6.07) is -13.4. The molecule has 0 atom stereocenters. The average molecular weight is 386 g/mol. The summed E-state index contributed by atoms with van der Waals surface area (Å²) in [5.41, 5.74) is 0. The smallest absolute Gasteiger partial charge is 0.287 e. The lowest BCUT2D eigenvalue weighted by Gasteiger charge is -2.38. The molecule has 0 saturated carbocycles. The molecule has 1 heterocycles. The molecule has 2 amide bonds. The van der Waals surface area contributed by atoms with Crippen molar-refractivity contribution < 1.29 is 62.3 Å². The molecule has 16 heteroatoms. The summed E-state index contributed by atoms with van der Waals surface area (Å²) in [7, 11) is 0. The number of carbonyl (C=O) groups excluding carboxylic acids is 2. The van der Waals surface area contributed by atoms with Gasteiger partial charge >= 0.3 is 47.6 Å². The quantitative estimate of drug-likeness (QED) is 0.494. The molecule has 140 valence electrons. The summed E-state index contributed by atoms with van der Waals surface area (Å²) in [6.07, 6.45) is 0. The molecule has 1 saturated heterocycles.